The molecular formula is C73H49F6N3. The Labute approximate surface area is 469 Å². The lowest BCUT2D eigenvalue weighted by Crippen LogP contribution is -2.12. The molecule has 2 heterocycles. The van der Waals surface area contributed by atoms with E-state index < -0.39 is 29.0 Å². The van der Waals surface area contributed by atoms with Crippen molar-refractivity contribution in [3.05, 3.63) is 263 Å². The van der Waals surface area contributed by atoms with E-state index in [1.807, 2.05) is 89.5 Å². The summed E-state index contributed by atoms with van der Waals surface area (Å²) in [5.41, 5.74) is 15.3. The molecule has 3 nitrogen and oxygen atoms in total. The van der Waals surface area contributed by atoms with Gasteiger partial charge in [-0.25, -0.2) is 0 Å². The van der Waals surface area contributed by atoms with Crippen LogP contribution >= 0.6 is 0 Å². The predicted octanol–water partition coefficient (Wildman–Crippen LogP) is 21.0. The largest absolute Gasteiger partial charge is 0.417 e. The molecule has 0 bridgehead atoms. The molecule has 0 aliphatic heterocycles. The zero-order valence-corrected chi connectivity index (χ0v) is 45.0. The lowest BCUT2D eigenvalue weighted by atomic mass is 9.92. The van der Waals surface area contributed by atoms with Crippen molar-refractivity contribution < 1.29 is 26.3 Å². The molecule has 82 heavy (non-hydrogen) atoms. The highest BCUT2D eigenvalue weighted by atomic mass is 19.4. The second-order valence-corrected chi connectivity index (χ2v) is 21.2. The van der Waals surface area contributed by atoms with Crippen LogP contribution in [0, 0.1) is 39.0 Å². The molecule has 0 atom stereocenters. The molecule has 13 aromatic rings. The number of alkyl halides is 6. The van der Waals surface area contributed by atoms with Crippen LogP contribution in [0.3, 0.4) is 0 Å². The molecular weight excluding hydrogens is 1030 g/mol. The van der Waals surface area contributed by atoms with Crippen LogP contribution in [0.15, 0.2) is 224 Å². The van der Waals surface area contributed by atoms with Crippen LogP contribution < -0.4 is 0 Å². The molecule has 398 valence electrons. The summed E-state index contributed by atoms with van der Waals surface area (Å²) in [5.74, 6) is 0. The number of nitriles is 1. The van der Waals surface area contributed by atoms with Gasteiger partial charge < -0.3 is 9.13 Å². The average molecular weight is 1080 g/mol. The highest BCUT2D eigenvalue weighted by molar-refractivity contribution is 6.14. The number of fused-ring (bicyclic) bond motifs is 6. The Kier molecular flexibility index (Phi) is 12.4. The Bertz CT molecular complexity index is 4590. The second kappa shape index (κ2) is 19.7. The monoisotopic (exact) mass is 1080 g/mol. The van der Waals surface area contributed by atoms with Crippen LogP contribution in [0.25, 0.3) is 122 Å². The van der Waals surface area contributed by atoms with Gasteiger partial charge in [0.2, 0.25) is 0 Å². The Morgan fingerprint density at radius 1 is 0.317 bits per heavy atom. The second-order valence-electron chi connectivity index (χ2n) is 21.2. The summed E-state index contributed by atoms with van der Waals surface area (Å²) in [4.78, 5) is 0. The Balaban J connectivity index is 1.14. The van der Waals surface area contributed by atoms with Gasteiger partial charge in [-0.2, -0.15) is 31.6 Å². The van der Waals surface area contributed by atoms with Crippen LogP contribution in [0.4, 0.5) is 26.3 Å². The van der Waals surface area contributed by atoms with Crippen molar-refractivity contribution in [1.29, 1.82) is 5.26 Å². The molecule has 0 aliphatic rings. The van der Waals surface area contributed by atoms with E-state index in [-0.39, 0.29) is 11.6 Å². The minimum absolute atomic E-state index is 0.0465. The average Bonchev–Trinajstić information content (AvgIpc) is 4.17. The fourth-order valence-electron chi connectivity index (χ4n) is 12.2. The number of halogens is 6. The Morgan fingerprint density at radius 3 is 1.06 bits per heavy atom. The van der Waals surface area contributed by atoms with Gasteiger partial charge in [0, 0.05) is 32.7 Å². The maximum absolute atomic E-state index is 15.3. The number of aryl methyl sites for hydroxylation is 4. The molecule has 0 aliphatic carbocycles. The first kappa shape index (κ1) is 51.5. The van der Waals surface area contributed by atoms with Crippen LogP contribution in [-0.2, 0) is 12.4 Å². The van der Waals surface area contributed by atoms with Crippen molar-refractivity contribution >= 4 is 43.6 Å². The number of aromatic nitrogens is 2. The minimum Gasteiger partial charge on any atom is -0.309 e. The molecule has 0 saturated carbocycles. The minimum atomic E-state index is -5.15. The van der Waals surface area contributed by atoms with Crippen molar-refractivity contribution in [3.8, 4) is 84.2 Å². The summed E-state index contributed by atoms with van der Waals surface area (Å²) >= 11 is 0. The van der Waals surface area contributed by atoms with Gasteiger partial charge in [0.15, 0.2) is 0 Å². The van der Waals surface area contributed by atoms with Gasteiger partial charge in [0.25, 0.3) is 0 Å². The molecule has 0 unspecified atom stereocenters. The summed E-state index contributed by atoms with van der Waals surface area (Å²) in [6.07, 6.45) is -10.2. The van der Waals surface area contributed by atoms with Crippen LogP contribution in [0.2, 0.25) is 0 Å². The number of benzene rings is 11. The van der Waals surface area contributed by atoms with E-state index >= 15 is 13.2 Å². The molecule has 13 rings (SSSR count). The number of nitrogens with zero attached hydrogens (tertiary/aromatic N) is 3. The summed E-state index contributed by atoms with van der Waals surface area (Å²) in [5, 5.41) is 14.4. The molecule has 11 aromatic carbocycles. The van der Waals surface area contributed by atoms with E-state index in [1.165, 1.54) is 6.07 Å². The summed E-state index contributed by atoms with van der Waals surface area (Å²) in [6.45, 7) is 8.30. The van der Waals surface area contributed by atoms with Gasteiger partial charge in [-0.15, -0.1) is 0 Å². The lowest BCUT2D eigenvalue weighted by Gasteiger charge is -2.21. The molecule has 2 aromatic heterocycles. The maximum Gasteiger partial charge on any atom is 0.417 e. The first-order valence-electron chi connectivity index (χ1n) is 26.9. The highest BCUT2D eigenvalue weighted by Gasteiger charge is 2.39. The van der Waals surface area contributed by atoms with E-state index in [0.717, 1.165) is 116 Å². The third kappa shape index (κ3) is 8.79. The van der Waals surface area contributed by atoms with E-state index in [4.69, 9.17) is 0 Å². The predicted molar refractivity (Wildman–Crippen MR) is 321 cm³/mol. The van der Waals surface area contributed by atoms with Gasteiger partial charge in [-0.05, 0) is 191 Å². The normalized spacial score (nSPS) is 12.0. The molecule has 0 fully saturated rings. The summed E-state index contributed by atoms with van der Waals surface area (Å²) in [6, 6.07) is 72.7. The van der Waals surface area contributed by atoms with Crippen molar-refractivity contribution in [2.24, 2.45) is 0 Å². The Morgan fingerprint density at radius 2 is 0.683 bits per heavy atom. The topological polar surface area (TPSA) is 33.6 Å². The van der Waals surface area contributed by atoms with Crippen molar-refractivity contribution in [2.45, 2.75) is 40.0 Å². The zero-order valence-electron chi connectivity index (χ0n) is 45.0. The zero-order chi connectivity index (χ0) is 56.8. The maximum atomic E-state index is 15.3. The molecule has 0 saturated heterocycles. The molecule has 9 heteroatoms. The van der Waals surface area contributed by atoms with E-state index in [0.29, 0.717) is 34.1 Å². The van der Waals surface area contributed by atoms with Crippen molar-refractivity contribution in [1.82, 2.24) is 9.13 Å². The standard InChI is InChI=1S/C73H49F6N3/c1-43-13-5-9-17-54(43)48-23-31-67-61(36-48)62-37-49(55-18-10-6-14-44(55)2)24-32-68(62)81(67)66-30-21-47(42-80)35-60(66)59-28-22-52(58-29-27-53(72(74,75)76)41-65(58)73(77,78)79)40-71(59)82-69-33-25-50(56-19-11-7-15-45(56)3)38-63(69)64-39-51(26-34-70(64)82)57-20-12-8-16-46(57)4/h5-41H,1-4H3. The fourth-order valence-corrected chi connectivity index (χ4v) is 12.2. The third-order valence-corrected chi connectivity index (χ3v) is 16.2. The third-order valence-electron chi connectivity index (χ3n) is 16.2. The van der Waals surface area contributed by atoms with Crippen molar-refractivity contribution in [3.63, 3.8) is 0 Å². The van der Waals surface area contributed by atoms with Crippen LogP contribution in [0.5, 0.6) is 0 Å². The molecule has 0 N–H and O–H groups in total. The first-order valence-corrected chi connectivity index (χ1v) is 26.9. The lowest BCUT2D eigenvalue weighted by molar-refractivity contribution is -0.142. The van der Waals surface area contributed by atoms with Crippen molar-refractivity contribution in [2.75, 3.05) is 0 Å². The van der Waals surface area contributed by atoms with Crippen LogP contribution in [0.1, 0.15) is 38.9 Å². The van der Waals surface area contributed by atoms with Gasteiger partial charge in [0.1, 0.15) is 0 Å². The molecule has 0 amide bonds. The van der Waals surface area contributed by atoms with E-state index in [1.54, 1.807) is 18.2 Å². The molecule has 0 spiro atoms. The van der Waals surface area contributed by atoms with Gasteiger partial charge in [-0.3, -0.25) is 0 Å². The SMILES string of the molecule is Cc1ccccc1-c1ccc2c(c1)c1cc(-c3ccccc3C)ccc1n2-c1ccc(C#N)cc1-c1ccc(-c2ccc(C(F)(F)F)cc2C(F)(F)F)cc1-n1c2ccc(-c3ccccc3C)cc2c2cc(-c3ccccc3C)ccc21. The number of rotatable bonds is 8. The Hall–Kier alpha value is -9.91. The smallest absolute Gasteiger partial charge is 0.309 e. The van der Waals surface area contributed by atoms with Gasteiger partial charge >= 0.3 is 12.4 Å². The van der Waals surface area contributed by atoms with Gasteiger partial charge in [-0.1, -0.05) is 140 Å². The summed E-state index contributed by atoms with van der Waals surface area (Å²) in [7, 11) is 0. The first-order chi connectivity index (χ1) is 39.5. The fraction of sp³-hybridized carbons (Fsp3) is 0.0822. The number of hydrogen-bond acceptors (Lipinski definition) is 1. The highest BCUT2D eigenvalue weighted by Crippen LogP contribution is 2.47. The van der Waals surface area contributed by atoms with E-state index in [2.05, 4.69) is 135 Å². The van der Waals surface area contributed by atoms with Gasteiger partial charge in [0.05, 0.1) is 56.2 Å². The number of hydrogen-bond donors (Lipinski definition) is 0. The quantitative estimate of drug-likeness (QED) is 0.140. The molecule has 0 radical (unpaired) electrons. The van der Waals surface area contributed by atoms with Crippen LogP contribution in [-0.4, -0.2) is 9.13 Å². The summed E-state index contributed by atoms with van der Waals surface area (Å²) < 4.78 is 92.8. The van der Waals surface area contributed by atoms with E-state index in [9.17, 15) is 18.4 Å².